The van der Waals surface area contributed by atoms with Crippen molar-refractivity contribution in [3.05, 3.63) is 129 Å². The molecule has 50 heavy (non-hydrogen) atoms. The van der Waals surface area contributed by atoms with E-state index in [9.17, 15) is 14.7 Å². The molecule has 0 aliphatic carbocycles. The number of rotatable bonds is 11. The van der Waals surface area contributed by atoms with Crippen LogP contribution in [0.5, 0.6) is 17.2 Å². The largest absolute Gasteiger partial charge is 0.507 e. The SMILES string of the molecule is CCOc1cc([C@@H]2C(=C(O)c3ccc4c(c3)C[C@@H](C)O4)C(=O)C(=O)N2c2nnc(SCc3ccc(Cl)cc3)s2)ccc1OCc1ccccc1. The van der Waals surface area contributed by atoms with Gasteiger partial charge in [0, 0.05) is 22.8 Å². The summed E-state index contributed by atoms with van der Waals surface area (Å²) in [7, 11) is 0. The van der Waals surface area contributed by atoms with E-state index >= 15 is 0 Å². The number of carbonyl (C=O) groups is 2. The van der Waals surface area contributed by atoms with Crippen molar-refractivity contribution in [2.24, 2.45) is 0 Å². The number of fused-ring (bicyclic) bond motifs is 1. The van der Waals surface area contributed by atoms with Gasteiger partial charge in [0.05, 0.1) is 18.2 Å². The Kier molecular flexibility index (Phi) is 9.80. The highest BCUT2D eigenvalue weighted by Crippen LogP contribution is 2.46. The van der Waals surface area contributed by atoms with Gasteiger partial charge in [-0.15, -0.1) is 10.2 Å². The summed E-state index contributed by atoms with van der Waals surface area (Å²) in [4.78, 5) is 29.1. The minimum absolute atomic E-state index is 0.00301. The van der Waals surface area contributed by atoms with E-state index in [1.165, 1.54) is 28.0 Å². The molecular formula is C38H32ClN3O6S2. The number of Topliss-reactive ketones (excluding diaryl/α,β-unsaturated/α-hetero) is 1. The molecule has 1 amide bonds. The Morgan fingerprint density at radius 1 is 0.980 bits per heavy atom. The standard InChI is InChI=1S/C38H32ClN3O6S2/c1-3-46-31-19-25(11-16-30(31)47-20-23-7-5-4-6-8-23)33-32(34(43)26-12-15-29-27(18-26)17-22(2)48-29)35(44)36(45)42(33)37-40-41-38(50-37)49-21-24-9-13-28(39)14-10-24/h4-16,18-19,22,33,43H,3,17,20-21H2,1-2H3/t22-,33-/m1/s1. The maximum Gasteiger partial charge on any atom is 0.301 e. The van der Waals surface area contributed by atoms with E-state index in [1.807, 2.05) is 68.4 Å². The van der Waals surface area contributed by atoms with Gasteiger partial charge < -0.3 is 19.3 Å². The van der Waals surface area contributed by atoms with E-state index in [1.54, 1.807) is 36.4 Å². The number of benzene rings is 4. The summed E-state index contributed by atoms with van der Waals surface area (Å²) in [6, 6.07) is 26.8. The Morgan fingerprint density at radius 2 is 1.78 bits per heavy atom. The second-order valence-corrected chi connectivity index (χ2v) is 14.4. The molecule has 1 aromatic heterocycles. The van der Waals surface area contributed by atoms with Crippen LogP contribution in [0, 0.1) is 0 Å². The molecule has 2 aliphatic heterocycles. The van der Waals surface area contributed by atoms with Gasteiger partial charge >= 0.3 is 5.91 Å². The van der Waals surface area contributed by atoms with Crippen LogP contribution in [0.1, 0.15) is 47.7 Å². The predicted octanol–water partition coefficient (Wildman–Crippen LogP) is 8.41. The minimum atomic E-state index is -1.03. The fourth-order valence-electron chi connectivity index (χ4n) is 5.97. The monoisotopic (exact) mass is 725 g/mol. The third-order valence-electron chi connectivity index (χ3n) is 8.31. The average Bonchev–Trinajstić information content (AvgIpc) is 3.82. The van der Waals surface area contributed by atoms with Crippen LogP contribution in [0.3, 0.4) is 0 Å². The Labute approximate surface area is 302 Å². The average molecular weight is 726 g/mol. The van der Waals surface area contributed by atoms with Crippen LogP contribution in [-0.4, -0.2) is 39.7 Å². The van der Waals surface area contributed by atoms with Crippen LogP contribution >= 0.6 is 34.7 Å². The number of ether oxygens (including phenoxy) is 3. The molecule has 0 saturated carbocycles. The lowest BCUT2D eigenvalue weighted by Gasteiger charge is -2.24. The van der Waals surface area contributed by atoms with E-state index in [2.05, 4.69) is 10.2 Å². The van der Waals surface area contributed by atoms with Gasteiger partial charge in [-0.3, -0.25) is 14.5 Å². The summed E-state index contributed by atoms with van der Waals surface area (Å²) in [5, 5.41) is 21.4. The number of thioether (sulfide) groups is 1. The molecular weight excluding hydrogens is 694 g/mol. The van der Waals surface area contributed by atoms with Crippen LogP contribution in [0.15, 0.2) is 101 Å². The number of aliphatic hydroxyl groups is 1. The number of halogens is 1. The lowest BCUT2D eigenvalue weighted by atomic mass is 9.94. The first-order chi connectivity index (χ1) is 24.3. The summed E-state index contributed by atoms with van der Waals surface area (Å²) in [5.74, 6) is 0.343. The smallest absolute Gasteiger partial charge is 0.301 e. The van der Waals surface area contributed by atoms with Crippen molar-refractivity contribution in [2.45, 2.75) is 49.1 Å². The summed E-state index contributed by atoms with van der Waals surface area (Å²) >= 11 is 8.70. The molecule has 0 bridgehead atoms. The van der Waals surface area contributed by atoms with E-state index in [0.29, 0.717) is 57.4 Å². The lowest BCUT2D eigenvalue weighted by Crippen LogP contribution is -2.29. The van der Waals surface area contributed by atoms with Crippen LogP contribution in [0.4, 0.5) is 5.13 Å². The topological polar surface area (TPSA) is 111 Å². The zero-order chi connectivity index (χ0) is 34.8. The lowest BCUT2D eigenvalue weighted by molar-refractivity contribution is -0.132. The van der Waals surface area contributed by atoms with Gasteiger partial charge in [-0.05, 0) is 78.6 Å². The third kappa shape index (κ3) is 6.94. The first-order valence-corrected chi connectivity index (χ1v) is 18.2. The first kappa shape index (κ1) is 33.6. The second kappa shape index (κ2) is 14.6. The quantitative estimate of drug-likeness (QED) is 0.0472. The molecule has 2 atom stereocenters. The summed E-state index contributed by atoms with van der Waals surface area (Å²) in [6.45, 7) is 4.51. The molecule has 5 aromatic rings. The second-order valence-electron chi connectivity index (χ2n) is 11.8. The highest BCUT2D eigenvalue weighted by molar-refractivity contribution is 8.00. The Morgan fingerprint density at radius 3 is 2.56 bits per heavy atom. The zero-order valence-corrected chi connectivity index (χ0v) is 29.6. The number of nitrogens with zero attached hydrogens (tertiary/aromatic N) is 3. The summed E-state index contributed by atoms with van der Waals surface area (Å²) in [6.07, 6.45) is 0.661. The summed E-state index contributed by atoms with van der Waals surface area (Å²) in [5.41, 5.74) is 3.83. The summed E-state index contributed by atoms with van der Waals surface area (Å²) < 4.78 is 18.6. The minimum Gasteiger partial charge on any atom is -0.507 e. The molecule has 3 heterocycles. The molecule has 0 spiro atoms. The van der Waals surface area contributed by atoms with Gasteiger partial charge in [0.15, 0.2) is 15.8 Å². The first-order valence-electron chi connectivity index (χ1n) is 16.0. The van der Waals surface area contributed by atoms with Crippen LogP contribution in [0.2, 0.25) is 5.02 Å². The fourth-order valence-corrected chi connectivity index (χ4v) is 7.92. The van der Waals surface area contributed by atoms with E-state index in [4.69, 9.17) is 25.8 Å². The van der Waals surface area contributed by atoms with Gasteiger partial charge in [-0.25, -0.2) is 0 Å². The number of carbonyl (C=O) groups excluding carboxylic acids is 2. The Bertz CT molecular complexity index is 2090. The molecule has 2 aliphatic rings. The number of aromatic nitrogens is 2. The molecule has 254 valence electrons. The van der Waals surface area contributed by atoms with Gasteiger partial charge in [0.1, 0.15) is 24.2 Å². The fraction of sp³-hybridized carbons (Fsp3) is 0.211. The maximum atomic E-state index is 13.9. The van der Waals surface area contributed by atoms with Gasteiger partial charge in [-0.1, -0.05) is 83.2 Å². The molecule has 1 fully saturated rings. The van der Waals surface area contributed by atoms with Crippen molar-refractivity contribution in [3.8, 4) is 17.2 Å². The number of anilines is 1. The Balaban J connectivity index is 1.27. The maximum absolute atomic E-state index is 13.9. The highest BCUT2D eigenvalue weighted by Gasteiger charge is 2.48. The molecule has 0 unspecified atom stereocenters. The molecule has 7 rings (SSSR count). The third-order valence-corrected chi connectivity index (χ3v) is 10.7. The molecule has 1 N–H and O–H groups in total. The number of hydrogen-bond acceptors (Lipinski definition) is 10. The van der Waals surface area contributed by atoms with Crippen molar-refractivity contribution in [3.63, 3.8) is 0 Å². The number of ketones is 1. The molecule has 4 aromatic carbocycles. The van der Waals surface area contributed by atoms with Crippen molar-refractivity contribution in [2.75, 3.05) is 11.5 Å². The normalized spacial score (nSPS) is 17.9. The van der Waals surface area contributed by atoms with Crippen LogP contribution in [0.25, 0.3) is 5.76 Å². The van der Waals surface area contributed by atoms with E-state index < -0.39 is 17.7 Å². The molecule has 0 radical (unpaired) electrons. The number of hydrogen-bond donors (Lipinski definition) is 1. The van der Waals surface area contributed by atoms with Crippen LogP contribution in [-0.2, 0) is 28.4 Å². The van der Waals surface area contributed by atoms with Crippen molar-refractivity contribution >= 4 is 57.3 Å². The molecule has 1 saturated heterocycles. The predicted molar refractivity (Wildman–Crippen MR) is 194 cm³/mol. The van der Waals surface area contributed by atoms with Gasteiger partial charge in [0.25, 0.3) is 5.78 Å². The Hall–Kier alpha value is -4.84. The van der Waals surface area contributed by atoms with Crippen molar-refractivity contribution < 1.29 is 28.9 Å². The van der Waals surface area contributed by atoms with Crippen molar-refractivity contribution in [1.82, 2.24) is 10.2 Å². The number of aliphatic hydroxyl groups excluding tert-OH is 1. The van der Waals surface area contributed by atoms with Gasteiger partial charge in [0.2, 0.25) is 5.13 Å². The van der Waals surface area contributed by atoms with E-state index in [0.717, 1.165) is 22.4 Å². The van der Waals surface area contributed by atoms with Crippen LogP contribution < -0.4 is 19.1 Å². The highest BCUT2D eigenvalue weighted by atomic mass is 35.5. The molecule has 12 heteroatoms. The zero-order valence-electron chi connectivity index (χ0n) is 27.2. The molecule has 9 nitrogen and oxygen atoms in total. The van der Waals surface area contributed by atoms with E-state index in [-0.39, 0.29) is 22.6 Å². The number of amides is 1. The van der Waals surface area contributed by atoms with Crippen molar-refractivity contribution in [1.29, 1.82) is 0 Å². The van der Waals surface area contributed by atoms with Gasteiger partial charge in [-0.2, -0.15) is 0 Å².